The van der Waals surface area contributed by atoms with Gasteiger partial charge in [0.15, 0.2) is 5.16 Å². The van der Waals surface area contributed by atoms with E-state index < -0.39 is 0 Å². The smallest absolute Gasteiger partial charge is 0.272 e. The van der Waals surface area contributed by atoms with Gasteiger partial charge in [-0.05, 0) is 23.9 Å². The van der Waals surface area contributed by atoms with Crippen LogP contribution in [0.5, 0.6) is 0 Å². The number of hydrogen-bond donors (Lipinski definition) is 0. The maximum absolute atomic E-state index is 12.6. The molecule has 0 spiro atoms. The van der Waals surface area contributed by atoms with Crippen molar-refractivity contribution in [2.75, 3.05) is 12.3 Å². The Balaban J connectivity index is 1.49. The number of thiophene rings is 1. The van der Waals surface area contributed by atoms with Crippen LogP contribution in [0.1, 0.15) is 18.9 Å². The Morgan fingerprint density at radius 2 is 2.07 bits per heavy atom. The molecule has 0 aliphatic carbocycles. The minimum atomic E-state index is -0.0757. The molecule has 0 unspecified atom stereocenters. The van der Waals surface area contributed by atoms with Crippen molar-refractivity contribution in [3.05, 3.63) is 57.7 Å². The largest absolute Gasteiger partial charge is 0.287 e. The maximum atomic E-state index is 12.6. The van der Waals surface area contributed by atoms with Crippen LogP contribution in [-0.4, -0.2) is 38.5 Å². The zero-order valence-electron chi connectivity index (χ0n) is 14.8. The van der Waals surface area contributed by atoms with Crippen LogP contribution >= 0.6 is 23.1 Å². The Morgan fingerprint density at radius 3 is 2.85 bits per heavy atom. The zero-order valence-corrected chi connectivity index (χ0v) is 16.4. The number of amides is 1. The first-order valence-corrected chi connectivity index (χ1v) is 10.6. The zero-order chi connectivity index (χ0) is 18.8. The number of fused-ring (bicyclic) bond motifs is 1. The minimum Gasteiger partial charge on any atom is -0.287 e. The van der Waals surface area contributed by atoms with E-state index in [1.807, 2.05) is 48.7 Å². The van der Waals surface area contributed by atoms with Gasteiger partial charge < -0.3 is 0 Å². The quantitative estimate of drug-likeness (QED) is 0.489. The van der Waals surface area contributed by atoms with Crippen LogP contribution in [0, 0.1) is 0 Å². The number of aromatic nitrogens is 2. The lowest BCUT2D eigenvalue weighted by molar-refractivity contribution is -0.127. The van der Waals surface area contributed by atoms with Gasteiger partial charge in [-0.15, -0.1) is 11.3 Å². The van der Waals surface area contributed by atoms with Crippen LogP contribution < -0.4 is 5.56 Å². The van der Waals surface area contributed by atoms with Gasteiger partial charge in [-0.25, -0.2) is 9.99 Å². The molecule has 0 saturated carbocycles. The highest BCUT2D eigenvalue weighted by atomic mass is 32.2. The summed E-state index contributed by atoms with van der Waals surface area (Å²) in [4.78, 5) is 29.7. The average Bonchev–Trinajstić information content (AvgIpc) is 3.36. The summed E-state index contributed by atoms with van der Waals surface area (Å²) in [7, 11) is 0. The molecule has 27 heavy (non-hydrogen) atoms. The molecule has 3 aromatic rings. The fourth-order valence-electron chi connectivity index (χ4n) is 2.98. The summed E-state index contributed by atoms with van der Waals surface area (Å²) in [6.45, 7) is 3.02. The van der Waals surface area contributed by atoms with Crippen LogP contribution in [0.4, 0.5) is 0 Å². The Hall–Kier alpha value is -2.45. The molecule has 1 aromatic carbocycles. The van der Waals surface area contributed by atoms with Gasteiger partial charge in [-0.1, -0.05) is 42.1 Å². The summed E-state index contributed by atoms with van der Waals surface area (Å²) >= 11 is 2.69. The van der Waals surface area contributed by atoms with Crippen LogP contribution in [-0.2, 0) is 11.3 Å². The Morgan fingerprint density at radius 1 is 1.26 bits per heavy atom. The normalized spacial score (nSPS) is 14.0. The maximum Gasteiger partial charge on any atom is 0.272 e. The van der Waals surface area contributed by atoms with E-state index in [0.29, 0.717) is 28.5 Å². The number of hydrogen-bond acceptors (Lipinski definition) is 6. The van der Waals surface area contributed by atoms with Gasteiger partial charge in [0, 0.05) is 13.0 Å². The van der Waals surface area contributed by atoms with Gasteiger partial charge in [-0.3, -0.25) is 14.2 Å². The molecule has 0 N–H and O–H groups in total. The molecule has 3 heterocycles. The molecule has 0 bridgehead atoms. The van der Waals surface area contributed by atoms with Crippen molar-refractivity contribution >= 4 is 44.9 Å². The molecule has 1 aliphatic heterocycles. The molecule has 8 heteroatoms. The molecule has 138 valence electrons. The van der Waals surface area contributed by atoms with Crippen molar-refractivity contribution in [1.82, 2.24) is 14.6 Å². The lowest BCUT2D eigenvalue weighted by atomic mass is 10.1. The van der Waals surface area contributed by atoms with E-state index in [0.717, 1.165) is 17.7 Å². The first-order valence-electron chi connectivity index (χ1n) is 8.71. The van der Waals surface area contributed by atoms with E-state index in [-0.39, 0.29) is 17.2 Å². The Bertz CT molecular complexity index is 1070. The van der Waals surface area contributed by atoms with Crippen molar-refractivity contribution in [3.8, 4) is 0 Å². The second-order valence-electron chi connectivity index (χ2n) is 6.05. The fraction of sp³-hybridized carbons (Fsp3) is 0.263. The summed E-state index contributed by atoms with van der Waals surface area (Å²) in [6, 6.07) is 11.7. The lowest BCUT2D eigenvalue weighted by Crippen LogP contribution is -2.26. The predicted octanol–water partition coefficient (Wildman–Crippen LogP) is 3.21. The summed E-state index contributed by atoms with van der Waals surface area (Å²) in [5, 5.41) is 8.43. The summed E-state index contributed by atoms with van der Waals surface area (Å²) in [5.74, 6) is 0.126. The molecular formula is C19H18N4O2S2. The van der Waals surface area contributed by atoms with Gasteiger partial charge in [0.25, 0.3) is 11.5 Å². The van der Waals surface area contributed by atoms with Gasteiger partial charge in [0.1, 0.15) is 4.70 Å². The highest BCUT2D eigenvalue weighted by molar-refractivity contribution is 7.99. The highest BCUT2D eigenvalue weighted by Crippen LogP contribution is 2.22. The van der Waals surface area contributed by atoms with Crippen molar-refractivity contribution < 1.29 is 4.79 Å². The third kappa shape index (κ3) is 3.54. The van der Waals surface area contributed by atoms with Crippen molar-refractivity contribution in [2.24, 2.45) is 5.10 Å². The standard InChI is InChI=1S/C19H18N4O2S2/c1-2-22-18(25)17-15(9-11-26-17)20-19(22)27-12-16(24)23-10-8-14(21-23)13-6-4-3-5-7-13/h3-7,9,11H,2,8,10,12H2,1H3. The van der Waals surface area contributed by atoms with Crippen LogP contribution in [0.15, 0.2) is 56.8 Å². The molecule has 0 atom stereocenters. The van der Waals surface area contributed by atoms with Gasteiger partial charge in [0.2, 0.25) is 0 Å². The molecule has 0 fully saturated rings. The number of rotatable bonds is 5. The molecule has 2 aromatic heterocycles. The second kappa shape index (κ2) is 7.66. The summed E-state index contributed by atoms with van der Waals surface area (Å²) < 4.78 is 2.28. The van der Waals surface area contributed by atoms with Crippen LogP contribution in [0.3, 0.4) is 0 Å². The number of carbonyl (C=O) groups is 1. The number of nitrogens with zero attached hydrogens (tertiary/aromatic N) is 4. The fourth-order valence-corrected chi connectivity index (χ4v) is 4.69. The summed E-state index contributed by atoms with van der Waals surface area (Å²) in [6.07, 6.45) is 0.749. The van der Waals surface area contributed by atoms with E-state index in [9.17, 15) is 9.59 Å². The van der Waals surface area contributed by atoms with Crippen LogP contribution in [0.25, 0.3) is 10.2 Å². The molecule has 6 nitrogen and oxygen atoms in total. The topological polar surface area (TPSA) is 67.6 Å². The average molecular weight is 399 g/mol. The molecule has 0 radical (unpaired) electrons. The van der Waals surface area contributed by atoms with Crippen LogP contribution in [0.2, 0.25) is 0 Å². The molecular weight excluding hydrogens is 380 g/mol. The third-order valence-corrected chi connectivity index (χ3v) is 6.22. The first-order chi connectivity index (χ1) is 13.2. The number of benzene rings is 1. The SMILES string of the molecule is CCn1c(SCC(=O)N2CCC(c3ccccc3)=N2)nc2ccsc2c1=O. The van der Waals surface area contributed by atoms with Gasteiger partial charge in [0.05, 0.1) is 23.5 Å². The minimum absolute atomic E-state index is 0.0435. The van der Waals surface area contributed by atoms with Gasteiger partial charge in [-0.2, -0.15) is 5.10 Å². The molecule has 4 rings (SSSR count). The third-order valence-electron chi connectivity index (χ3n) is 4.37. The van der Waals surface area contributed by atoms with E-state index in [1.165, 1.54) is 28.1 Å². The summed E-state index contributed by atoms with van der Waals surface area (Å²) in [5.41, 5.74) is 2.62. The molecule has 0 saturated heterocycles. The van der Waals surface area contributed by atoms with Crippen molar-refractivity contribution in [1.29, 1.82) is 0 Å². The first kappa shape index (κ1) is 17.9. The van der Waals surface area contributed by atoms with E-state index in [1.54, 1.807) is 4.57 Å². The Kier molecular flexibility index (Phi) is 5.09. The van der Waals surface area contributed by atoms with Gasteiger partial charge >= 0.3 is 0 Å². The monoisotopic (exact) mass is 398 g/mol. The lowest BCUT2D eigenvalue weighted by Gasteiger charge is -2.12. The second-order valence-corrected chi connectivity index (χ2v) is 7.91. The highest BCUT2D eigenvalue weighted by Gasteiger charge is 2.22. The number of hydrazone groups is 1. The predicted molar refractivity (Wildman–Crippen MR) is 110 cm³/mol. The molecule has 1 aliphatic rings. The number of carbonyl (C=O) groups excluding carboxylic acids is 1. The Labute approximate surface area is 164 Å². The van der Waals surface area contributed by atoms with Crippen molar-refractivity contribution in [3.63, 3.8) is 0 Å². The van der Waals surface area contributed by atoms with E-state index >= 15 is 0 Å². The van der Waals surface area contributed by atoms with E-state index in [4.69, 9.17) is 0 Å². The van der Waals surface area contributed by atoms with Crippen molar-refractivity contribution in [2.45, 2.75) is 25.0 Å². The van der Waals surface area contributed by atoms with E-state index in [2.05, 4.69) is 10.1 Å². The molecule has 1 amide bonds. The number of thioether (sulfide) groups is 1.